The van der Waals surface area contributed by atoms with Crippen molar-refractivity contribution in [2.24, 2.45) is 0 Å². The first-order valence-corrected chi connectivity index (χ1v) is 6.59. The Morgan fingerprint density at radius 3 is 1.90 bits per heavy atom. The van der Waals surface area contributed by atoms with Gasteiger partial charge >= 0.3 is 0 Å². The summed E-state index contributed by atoms with van der Waals surface area (Å²) < 4.78 is 0. The number of fused-ring (bicyclic) bond motifs is 1. The lowest BCUT2D eigenvalue weighted by Crippen LogP contribution is -2.20. The van der Waals surface area contributed by atoms with Crippen LogP contribution in [0.5, 0.6) is 0 Å². The number of benzene rings is 2. The standard InChI is InChI=1S/C18H12O3/c1-11-16(13-7-3-2-6-12(13)10-19)18(21)15-9-5-4-8-14(15)17(11)20/h2-10H,1H3. The van der Waals surface area contributed by atoms with Crippen LogP contribution >= 0.6 is 0 Å². The number of hydrogen-bond acceptors (Lipinski definition) is 3. The molecule has 0 aliphatic heterocycles. The van der Waals surface area contributed by atoms with E-state index < -0.39 is 0 Å². The smallest absolute Gasteiger partial charge is 0.194 e. The first-order valence-electron chi connectivity index (χ1n) is 6.59. The van der Waals surface area contributed by atoms with E-state index in [2.05, 4.69) is 0 Å². The number of aldehydes is 1. The van der Waals surface area contributed by atoms with E-state index in [1.807, 2.05) is 0 Å². The summed E-state index contributed by atoms with van der Waals surface area (Å²) in [5, 5.41) is 0. The van der Waals surface area contributed by atoms with Gasteiger partial charge in [0.1, 0.15) is 0 Å². The minimum absolute atomic E-state index is 0.166. The molecule has 0 unspecified atom stereocenters. The summed E-state index contributed by atoms with van der Waals surface area (Å²) in [4.78, 5) is 36.4. The fraction of sp³-hybridized carbons (Fsp3) is 0.0556. The first kappa shape index (κ1) is 13.2. The molecule has 0 aromatic heterocycles. The molecule has 2 aromatic carbocycles. The van der Waals surface area contributed by atoms with Gasteiger partial charge in [-0.2, -0.15) is 0 Å². The molecule has 0 radical (unpaired) electrons. The van der Waals surface area contributed by atoms with Gasteiger partial charge in [0, 0.05) is 27.8 Å². The van der Waals surface area contributed by atoms with Crippen molar-refractivity contribution in [1.29, 1.82) is 0 Å². The van der Waals surface area contributed by atoms with Gasteiger partial charge in [-0.25, -0.2) is 0 Å². The number of ketones is 2. The van der Waals surface area contributed by atoms with E-state index >= 15 is 0 Å². The highest BCUT2D eigenvalue weighted by atomic mass is 16.1. The Balaban J connectivity index is 2.29. The largest absolute Gasteiger partial charge is 0.298 e. The second-order valence-corrected chi connectivity index (χ2v) is 4.91. The summed E-state index contributed by atoms with van der Waals surface area (Å²) in [6, 6.07) is 13.6. The molecule has 2 aromatic rings. The fourth-order valence-corrected chi connectivity index (χ4v) is 2.65. The summed E-state index contributed by atoms with van der Waals surface area (Å²) in [6.45, 7) is 1.63. The molecular formula is C18H12O3. The minimum atomic E-state index is -0.211. The Morgan fingerprint density at radius 1 is 0.762 bits per heavy atom. The van der Waals surface area contributed by atoms with Crippen molar-refractivity contribution >= 4 is 23.4 Å². The number of Topliss-reactive ketones (excluding diaryl/α,β-unsaturated/α-hetero) is 2. The second-order valence-electron chi connectivity index (χ2n) is 4.91. The summed E-state index contributed by atoms with van der Waals surface area (Å²) in [5.74, 6) is -0.377. The molecule has 1 aliphatic carbocycles. The van der Waals surface area contributed by atoms with Crippen molar-refractivity contribution in [1.82, 2.24) is 0 Å². The van der Waals surface area contributed by atoms with E-state index in [-0.39, 0.29) is 11.6 Å². The Kier molecular flexibility index (Phi) is 3.10. The van der Waals surface area contributed by atoms with Gasteiger partial charge in [0.25, 0.3) is 0 Å². The molecule has 1 aliphatic rings. The molecule has 3 nitrogen and oxygen atoms in total. The van der Waals surface area contributed by atoms with Crippen molar-refractivity contribution in [3.8, 4) is 0 Å². The van der Waals surface area contributed by atoms with Gasteiger partial charge in [0.05, 0.1) is 0 Å². The molecule has 0 atom stereocenters. The lowest BCUT2D eigenvalue weighted by molar-refractivity contribution is 0.0991. The molecular weight excluding hydrogens is 264 g/mol. The van der Waals surface area contributed by atoms with E-state index in [4.69, 9.17) is 0 Å². The minimum Gasteiger partial charge on any atom is -0.298 e. The third-order valence-electron chi connectivity index (χ3n) is 3.72. The highest BCUT2D eigenvalue weighted by Gasteiger charge is 2.31. The van der Waals surface area contributed by atoms with Crippen LogP contribution in [-0.2, 0) is 0 Å². The topological polar surface area (TPSA) is 51.2 Å². The van der Waals surface area contributed by atoms with Gasteiger partial charge in [0.2, 0.25) is 0 Å². The Morgan fingerprint density at radius 2 is 1.29 bits per heavy atom. The first-order chi connectivity index (χ1) is 10.1. The maximum atomic E-state index is 12.7. The maximum Gasteiger partial charge on any atom is 0.194 e. The zero-order valence-electron chi connectivity index (χ0n) is 11.4. The van der Waals surface area contributed by atoms with Crippen LogP contribution in [0.25, 0.3) is 5.57 Å². The van der Waals surface area contributed by atoms with E-state index in [9.17, 15) is 14.4 Å². The summed E-state index contributed by atoms with van der Waals surface area (Å²) >= 11 is 0. The zero-order valence-corrected chi connectivity index (χ0v) is 11.4. The molecule has 3 heteroatoms. The Labute approximate surface area is 121 Å². The lowest BCUT2D eigenvalue weighted by Gasteiger charge is -2.20. The van der Waals surface area contributed by atoms with Crippen molar-refractivity contribution in [2.45, 2.75) is 6.92 Å². The van der Waals surface area contributed by atoms with E-state index in [0.29, 0.717) is 39.7 Å². The van der Waals surface area contributed by atoms with Crippen molar-refractivity contribution < 1.29 is 14.4 Å². The number of rotatable bonds is 2. The molecule has 3 rings (SSSR count). The van der Waals surface area contributed by atoms with Gasteiger partial charge in [-0.1, -0.05) is 48.5 Å². The summed E-state index contributed by atoms with van der Waals surface area (Å²) in [5.41, 5.74) is 2.44. The average molecular weight is 276 g/mol. The zero-order chi connectivity index (χ0) is 15.0. The van der Waals surface area contributed by atoms with Crippen LogP contribution in [0.2, 0.25) is 0 Å². The normalized spacial score (nSPS) is 14.1. The highest BCUT2D eigenvalue weighted by Crippen LogP contribution is 2.33. The molecule has 0 saturated carbocycles. The van der Waals surface area contributed by atoms with Crippen LogP contribution < -0.4 is 0 Å². The Hall–Kier alpha value is -2.81. The highest BCUT2D eigenvalue weighted by molar-refractivity contribution is 6.40. The molecule has 0 bridgehead atoms. The van der Waals surface area contributed by atoms with Crippen LogP contribution in [0.15, 0.2) is 54.1 Å². The lowest BCUT2D eigenvalue weighted by atomic mass is 9.81. The molecule has 0 fully saturated rings. The summed E-state index contributed by atoms with van der Waals surface area (Å²) in [7, 11) is 0. The predicted molar refractivity (Wildman–Crippen MR) is 79.5 cm³/mol. The second kappa shape index (κ2) is 4.94. The van der Waals surface area contributed by atoms with Crippen molar-refractivity contribution in [3.05, 3.63) is 76.4 Å². The molecule has 0 saturated heterocycles. The molecule has 0 N–H and O–H groups in total. The van der Waals surface area contributed by atoms with Gasteiger partial charge in [-0.3, -0.25) is 14.4 Å². The van der Waals surface area contributed by atoms with E-state index in [1.54, 1.807) is 55.5 Å². The molecule has 21 heavy (non-hydrogen) atoms. The molecule has 0 heterocycles. The number of allylic oxidation sites excluding steroid dienone is 2. The predicted octanol–water partition coefficient (Wildman–Crippen LogP) is 3.35. The van der Waals surface area contributed by atoms with Crippen LogP contribution in [0.3, 0.4) is 0 Å². The van der Waals surface area contributed by atoms with Gasteiger partial charge in [0.15, 0.2) is 17.9 Å². The van der Waals surface area contributed by atoms with Crippen LogP contribution in [0.1, 0.15) is 43.6 Å². The van der Waals surface area contributed by atoms with Crippen molar-refractivity contribution in [3.63, 3.8) is 0 Å². The van der Waals surface area contributed by atoms with Gasteiger partial charge in [-0.05, 0) is 12.5 Å². The van der Waals surface area contributed by atoms with E-state index in [1.165, 1.54) is 0 Å². The van der Waals surface area contributed by atoms with Crippen LogP contribution in [-0.4, -0.2) is 17.9 Å². The molecule has 0 spiro atoms. The van der Waals surface area contributed by atoms with Gasteiger partial charge < -0.3 is 0 Å². The molecule has 0 amide bonds. The number of carbonyl (C=O) groups excluding carboxylic acids is 3. The van der Waals surface area contributed by atoms with Gasteiger partial charge in [-0.15, -0.1) is 0 Å². The Bertz CT molecular complexity index is 813. The third-order valence-corrected chi connectivity index (χ3v) is 3.72. The SMILES string of the molecule is CC1=C(c2ccccc2C=O)C(=O)c2ccccc2C1=O. The van der Waals surface area contributed by atoms with Crippen LogP contribution in [0, 0.1) is 0 Å². The summed E-state index contributed by atoms with van der Waals surface area (Å²) in [6.07, 6.45) is 0.702. The monoisotopic (exact) mass is 276 g/mol. The maximum absolute atomic E-state index is 12.7. The third kappa shape index (κ3) is 1.94. The van der Waals surface area contributed by atoms with E-state index in [0.717, 1.165) is 0 Å². The fourth-order valence-electron chi connectivity index (χ4n) is 2.65. The quantitative estimate of drug-likeness (QED) is 0.790. The van der Waals surface area contributed by atoms with Crippen LogP contribution in [0.4, 0.5) is 0 Å². The average Bonchev–Trinajstić information content (AvgIpc) is 2.53. The number of carbonyl (C=O) groups is 3. The molecule has 102 valence electrons. The number of hydrogen-bond donors (Lipinski definition) is 0. The van der Waals surface area contributed by atoms with Crippen molar-refractivity contribution in [2.75, 3.05) is 0 Å².